The van der Waals surface area contributed by atoms with E-state index in [1.807, 2.05) is 0 Å². The van der Waals surface area contributed by atoms with Gasteiger partial charge in [0, 0.05) is 46.0 Å². The molecule has 1 N–H and O–H groups in total. The lowest BCUT2D eigenvalue weighted by molar-refractivity contribution is 0.0422. The molecule has 3 aliphatic heterocycles. The van der Waals surface area contributed by atoms with Crippen molar-refractivity contribution in [1.29, 1.82) is 0 Å². The first kappa shape index (κ1) is 50.0. The van der Waals surface area contributed by atoms with E-state index >= 15 is 0 Å². The van der Waals surface area contributed by atoms with Crippen molar-refractivity contribution >= 4 is 23.5 Å². The number of aryl methyl sites for hydroxylation is 3. The van der Waals surface area contributed by atoms with Crippen LogP contribution >= 0.6 is 0 Å². The van der Waals surface area contributed by atoms with Gasteiger partial charge in [0.1, 0.15) is 22.4 Å². The van der Waals surface area contributed by atoms with Crippen molar-refractivity contribution in [2.24, 2.45) is 0 Å². The van der Waals surface area contributed by atoms with Gasteiger partial charge in [-0.1, -0.05) is 205 Å². The molecular formula is C71H64BNO4. The number of hydrogen-bond donors (Lipinski definition) is 1. The molecule has 380 valence electrons. The Balaban J connectivity index is 0.900. The number of rotatable bonds is 5. The molecule has 27 rings (SSSR count). The first-order valence-corrected chi connectivity index (χ1v) is 26.8. The van der Waals surface area contributed by atoms with Gasteiger partial charge >= 0.3 is 6.85 Å². The summed E-state index contributed by atoms with van der Waals surface area (Å²) >= 11 is 0. The lowest BCUT2D eigenvalue weighted by atomic mass is 9.45. The molecule has 6 heteroatoms. The summed E-state index contributed by atoms with van der Waals surface area (Å²) in [5.74, 6) is 0.228. The van der Waals surface area contributed by atoms with Crippen LogP contribution in [0.4, 0.5) is 0 Å². The first-order chi connectivity index (χ1) is 37.5. The van der Waals surface area contributed by atoms with E-state index < -0.39 is 22.4 Å². The fraction of sp³-hybridized carbons (Fsp3) is 0.183. The summed E-state index contributed by atoms with van der Waals surface area (Å²) < 4.78 is 25.2. The van der Waals surface area contributed by atoms with Gasteiger partial charge in [-0.15, -0.1) is 0 Å². The highest BCUT2D eigenvalue weighted by atomic mass is 16.5. The van der Waals surface area contributed by atoms with Crippen LogP contribution in [0.5, 0.6) is 0 Å². The van der Waals surface area contributed by atoms with Gasteiger partial charge in [0.2, 0.25) is 0 Å². The SMILES string of the molecule is COC12C=CC(C=C1)c1ccc(cc1)-c1ccc(cc1)C1(OC)C=CC(OC)(C=C1)c1ccc(cc1)-c1ccc(cc1)C1C=CC(OC)(C=C1)c1ccc(cc1)C1=CC=C(NB1c1c(C)cc(C)cc1C)c1ccc2cc1. The molecule has 77 heavy (non-hydrogen) atoms. The molecule has 0 amide bonds. The Labute approximate surface area is 455 Å². The molecule has 0 spiro atoms. The fourth-order valence-electron chi connectivity index (χ4n) is 12.4. The summed E-state index contributed by atoms with van der Waals surface area (Å²) in [6.07, 6.45) is 30.8. The van der Waals surface area contributed by atoms with Crippen LogP contribution in [-0.2, 0) is 41.4 Å². The maximum Gasteiger partial charge on any atom is 0.322 e. The number of nitrogens with one attached hydrogen (secondary N) is 1. The normalized spacial score (nSPS) is 24.6. The maximum atomic E-state index is 6.35. The first-order valence-electron chi connectivity index (χ1n) is 26.8. The lowest BCUT2D eigenvalue weighted by Gasteiger charge is -2.36. The van der Waals surface area contributed by atoms with Crippen molar-refractivity contribution in [1.82, 2.24) is 5.23 Å². The third-order valence-corrected chi connectivity index (χ3v) is 17.0. The van der Waals surface area contributed by atoms with Crippen LogP contribution in [-0.4, -0.2) is 35.3 Å². The second-order valence-electron chi connectivity index (χ2n) is 21.3. The zero-order chi connectivity index (χ0) is 52.9. The van der Waals surface area contributed by atoms with E-state index in [2.05, 4.69) is 269 Å². The molecule has 20 aliphatic rings. The van der Waals surface area contributed by atoms with Crippen molar-refractivity contribution in [2.45, 2.75) is 55.0 Å². The zero-order valence-corrected chi connectivity index (χ0v) is 45.0. The molecule has 0 unspecified atom stereocenters. The van der Waals surface area contributed by atoms with Gasteiger partial charge in [0.05, 0.1) is 0 Å². The lowest BCUT2D eigenvalue weighted by Crippen LogP contribution is -2.48. The number of methoxy groups -OCH3 is 4. The molecule has 7 aromatic carbocycles. The molecule has 3 heterocycles. The molecule has 20 bridgehead atoms. The number of hydrogen-bond acceptors (Lipinski definition) is 5. The number of ether oxygens (including phenoxy) is 4. The Morgan fingerprint density at radius 2 is 0.675 bits per heavy atom. The molecule has 7 aromatic rings. The fourth-order valence-corrected chi connectivity index (χ4v) is 12.4. The summed E-state index contributed by atoms with van der Waals surface area (Å²) in [7, 11) is 7.10. The summed E-state index contributed by atoms with van der Waals surface area (Å²) in [5, 5.41) is 4.02. The van der Waals surface area contributed by atoms with Crippen molar-refractivity contribution < 1.29 is 18.9 Å². The topological polar surface area (TPSA) is 49.0 Å². The van der Waals surface area contributed by atoms with Gasteiger partial charge in [-0.25, -0.2) is 0 Å². The molecule has 0 radical (unpaired) electrons. The second kappa shape index (κ2) is 19.9. The van der Waals surface area contributed by atoms with E-state index in [9.17, 15) is 0 Å². The van der Waals surface area contributed by atoms with E-state index in [0.717, 1.165) is 61.3 Å². The third kappa shape index (κ3) is 8.89. The van der Waals surface area contributed by atoms with Gasteiger partial charge < -0.3 is 24.2 Å². The average Bonchev–Trinajstić information content (AvgIpc) is 3.53. The molecule has 0 atom stereocenters. The van der Waals surface area contributed by atoms with Crippen molar-refractivity contribution in [2.75, 3.05) is 28.4 Å². The highest BCUT2D eigenvalue weighted by molar-refractivity contribution is 6.90. The van der Waals surface area contributed by atoms with Crippen molar-refractivity contribution in [3.63, 3.8) is 0 Å². The van der Waals surface area contributed by atoms with E-state index in [1.165, 1.54) is 38.8 Å². The predicted molar refractivity (Wildman–Crippen MR) is 317 cm³/mol. The van der Waals surface area contributed by atoms with Gasteiger partial charge in [0.15, 0.2) is 0 Å². The number of benzene rings is 7. The van der Waals surface area contributed by atoms with Crippen LogP contribution < -0.4 is 10.7 Å². The minimum absolute atomic E-state index is 0.0734. The molecule has 0 fully saturated rings. The smallest absolute Gasteiger partial charge is 0.322 e. The molecule has 5 nitrogen and oxygen atoms in total. The van der Waals surface area contributed by atoms with Crippen LogP contribution in [0.1, 0.15) is 73.0 Å². The van der Waals surface area contributed by atoms with Gasteiger partial charge in [-0.2, -0.15) is 0 Å². The van der Waals surface area contributed by atoms with Crippen LogP contribution in [0.2, 0.25) is 0 Å². The third-order valence-electron chi connectivity index (χ3n) is 17.0. The Kier molecular flexibility index (Phi) is 13.0. The van der Waals surface area contributed by atoms with E-state index in [1.54, 1.807) is 28.4 Å². The average molecular weight is 1010 g/mol. The van der Waals surface area contributed by atoms with Crippen LogP contribution in [0.25, 0.3) is 33.4 Å². The Morgan fingerprint density at radius 1 is 0.364 bits per heavy atom. The standard InChI is InChI=1S/C71H64BNO4/c1-48-46-49(2)67(50(3)47-48)72-65-32-33-66(73-72)60-22-30-62(31-23-60)69(75-5)40-36-58(37-41-69)54-14-10-52(11-15-54)56-18-26-64(27-19-56)71(77-7)44-42-70(76-6,43-45-71)63-24-16-55(17-25-63)51-8-12-53(13-9-51)57-34-38-68(74-4,39-35-57)61-28-20-59(65)21-29-61/h8-47,57-58,73H,1-7H3. The monoisotopic (exact) mass is 1010 g/mol. The Hall–Kier alpha value is -7.84. The van der Waals surface area contributed by atoms with Crippen molar-refractivity contribution in [3.8, 4) is 22.3 Å². The largest absolute Gasteiger partial charge is 0.420 e. The Morgan fingerprint density at radius 3 is 1.03 bits per heavy atom. The highest BCUT2D eigenvalue weighted by Gasteiger charge is 2.38. The molecule has 0 aromatic heterocycles. The van der Waals surface area contributed by atoms with Gasteiger partial charge in [0.25, 0.3) is 0 Å². The van der Waals surface area contributed by atoms with Crippen LogP contribution in [0, 0.1) is 20.8 Å². The maximum absolute atomic E-state index is 6.35. The summed E-state index contributed by atoms with van der Waals surface area (Å²) in [5.41, 5.74) is 18.0. The quantitative estimate of drug-likeness (QED) is 0.138. The molecule has 0 saturated heterocycles. The summed E-state index contributed by atoms with van der Waals surface area (Å²) in [6.45, 7) is 6.57. The van der Waals surface area contributed by atoms with E-state index in [4.69, 9.17) is 18.9 Å². The van der Waals surface area contributed by atoms with E-state index in [-0.39, 0.29) is 18.7 Å². The minimum Gasteiger partial charge on any atom is -0.420 e. The second-order valence-corrected chi connectivity index (χ2v) is 21.3. The molecule has 0 saturated carbocycles. The van der Waals surface area contributed by atoms with Crippen LogP contribution in [0.15, 0.2) is 243 Å². The van der Waals surface area contributed by atoms with Gasteiger partial charge in [-0.3, -0.25) is 0 Å². The summed E-state index contributed by atoms with van der Waals surface area (Å²) in [4.78, 5) is 0. The van der Waals surface area contributed by atoms with Gasteiger partial charge in [-0.05, 0) is 153 Å². The summed E-state index contributed by atoms with van der Waals surface area (Å²) in [6, 6.07) is 57.5. The zero-order valence-electron chi connectivity index (χ0n) is 45.0. The number of allylic oxidation sites excluding steroid dienone is 6. The van der Waals surface area contributed by atoms with Crippen LogP contribution in [0.3, 0.4) is 0 Å². The minimum atomic E-state index is -0.743. The van der Waals surface area contributed by atoms with E-state index in [0.29, 0.717) is 0 Å². The Bertz CT molecular complexity index is 3550. The highest BCUT2D eigenvalue weighted by Crippen LogP contribution is 2.43. The molecular weight excluding hydrogens is 942 g/mol. The predicted octanol–water partition coefficient (Wildman–Crippen LogP) is 14.7. The molecule has 17 aliphatic carbocycles. The van der Waals surface area contributed by atoms with Crippen molar-refractivity contribution in [3.05, 3.63) is 304 Å².